The van der Waals surface area contributed by atoms with E-state index in [9.17, 15) is 22.8 Å². The minimum Gasteiger partial charge on any atom is -0.444 e. The Hall–Kier alpha value is -3.44. The van der Waals surface area contributed by atoms with E-state index in [4.69, 9.17) is 10.5 Å². The molecule has 2 aliphatic rings. The van der Waals surface area contributed by atoms with Crippen molar-refractivity contribution in [1.29, 1.82) is 0 Å². The highest BCUT2D eigenvalue weighted by molar-refractivity contribution is 7.89. The number of carbonyl (C=O) groups is 3. The number of primary amides is 1. The molecule has 0 saturated heterocycles. The molecule has 11 heteroatoms. The number of alkyl carbamates (subject to hydrolysis) is 1. The van der Waals surface area contributed by atoms with E-state index in [1.807, 2.05) is 30.3 Å². The molecule has 1 heterocycles. The minimum absolute atomic E-state index is 0.177. The molecule has 0 aromatic heterocycles. The summed E-state index contributed by atoms with van der Waals surface area (Å²) in [6.45, 7) is 5.51. The molecule has 0 radical (unpaired) electrons. The Morgan fingerprint density at radius 3 is 2.28 bits per heavy atom. The molecule has 1 atom stereocenters. The van der Waals surface area contributed by atoms with Crippen LogP contribution in [0.1, 0.15) is 64.0 Å². The van der Waals surface area contributed by atoms with E-state index in [0.717, 1.165) is 36.0 Å². The second-order valence-corrected chi connectivity index (χ2v) is 13.0. The number of carbonyl (C=O) groups excluding carboxylic acids is 3. The SMILES string of the molecule is CC(C)(C)OC(=O)NC1(C(=O)N[C@@H](Cc2ccc(-c3ccc4c(c3)CNS4(=O)=O)cc2)C(N)=O)CCCCC1. The second-order valence-electron chi connectivity index (χ2n) is 11.2. The summed E-state index contributed by atoms with van der Waals surface area (Å²) in [5, 5.41) is 5.56. The van der Waals surface area contributed by atoms with Gasteiger partial charge in [0.15, 0.2) is 0 Å². The first-order valence-electron chi connectivity index (χ1n) is 13.1. The molecule has 1 aliphatic carbocycles. The van der Waals surface area contributed by atoms with Crippen molar-refractivity contribution in [1.82, 2.24) is 15.4 Å². The summed E-state index contributed by atoms with van der Waals surface area (Å²) >= 11 is 0. The molecular formula is C28H36N4O6S. The fraction of sp³-hybridized carbons (Fsp3) is 0.464. The first-order chi connectivity index (χ1) is 18.3. The Labute approximate surface area is 229 Å². The lowest BCUT2D eigenvalue weighted by Gasteiger charge is -2.37. The summed E-state index contributed by atoms with van der Waals surface area (Å²) in [5.41, 5.74) is 7.02. The van der Waals surface area contributed by atoms with Crippen molar-refractivity contribution in [3.8, 4) is 11.1 Å². The summed E-state index contributed by atoms with van der Waals surface area (Å²) in [6, 6.07) is 11.7. The number of nitrogens with one attached hydrogen (secondary N) is 3. The maximum atomic E-state index is 13.5. The number of amides is 3. The Balaban J connectivity index is 1.46. The average Bonchev–Trinajstić information content (AvgIpc) is 3.17. The van der Waals surface area contributed by atoms with Crippen molar-refractivity contribution >= 4 is 27.9 Å². The lowest BCUT2D eigenvalue weighted by Crippen LogP contribution is -2.63. The van der Waals surface area contributed by atoms with Gasteiger partial charge in [0.25, 0.3) is 0 Å². The number of benzene rings is 2. The summed E-state index contributed by atoms with van der Waals surface area (Å²) < 4.78 is 31.9. The monoisotopic (exact) mass is 556 g/mol. The highest BCUT2D eigenvalue weighted by Gasteiger charge is 2.43. The molecule has 2 aromatic carbocycles. The van der Waals surface area contributed by atoms with Gasteiger partial charge in [0.05, 0.1) is 4.90 Å². The summed E-state index contributed by atoms with van der Waals surface area (Å²) in [4.78, 5) is 38.6. The third-order valence-electron chi connectivity index (χ3n) is 7.06. The Morgan fingerprint density at radius 2 is 1.67 bits per heavy atom. The predicted molar refractivity (Wildman–Crippen MR) is 146 cm³/mol. The Bertz CT molecular complexity index is 1360. The average molecular weight is 557 g/mol. The molecule has 39 heavy (non-hydrogen) atoms. The third-order valence-corrected chi connectivity index (χ3v) is 8.56. The van der Waals surface area contributed by atoms with Gasteiger partial charge in [0, 0.05) is 13.0 Å². The number of hydrogen-bond donors (Lipinski definition) is 4. The van der Waals surface area contributed by atoms with Gasteiger partial charge in [-0.25, -0.2) is 17.9 Å². The third kappa shape index (κ3) is 6.77. The van der Waals surface area contributed by atoms with E-state index in [1.165, 1.54) is 0 Å². The van der Waals surface area contributed by atoms with Gasteiger partial charge < -0.3 is 21.1 Å². The molecule has 3 amide bonds. The van der Waals surface area contributed by atoms with Crippen molar-refractivity contribution < 1.29 is 27.5 Å². The molecule has 0 bridgehead atoms. The van der Waals surface area contributed by atoms with Crippen LogP contribution in [-0.4, -0.2) is 43.5 Å². The molecule has 4 rings (SSSR count). The summed E-state index contributed by atoms with van der Waals surface area (Å²) in [5.74, 6) is -1.13. The van der Waals surface area contributed by atoms with Crippen LogP contribution in [0.3, 0.4) is 0 Å². The van der Waals surface area contributed by atoms with E-state index in [1.54, 1.807) is 32.9 Å². The van der Waals surface area contributed by atoms with Crippen LogP contribution in [0, 0.1) is 0 Å². The molecule has 1 fully saturated rings. The van der Waals surface area contributed by atoms with Gasteiger partial charge in [-0.2, -0.15) is 0 Å². The fourth-order valence-corrected chi connectivity index (χ4v) is 6.29. The molecule has 1 saturated carbocycles. The number of fused-ring (bicyclic) bond motifs is 1. The molecule has 1 aliphatic heterocycles. The molecule has 210 valence electrons. The second kappa shape index (κ2) is 11.0. The van der Waals surface area contributed by atoms with Gasteiger partial charge >= 0.3 is 6.09 Å². The lowest BCUT2D eigenvalue weighted by atomic mass is 9.80. The first kappa shape index (κ1) is 28.6. The van der Waals surface area contributed by atoms with Crippen LogP contribution in [0.5, 0.6) is 0 Å². The quantitative estimate of drug-likeness (QED) is 0.411. The maximum absolute atomic E-state index is 13.5. The summed E-state index contributed by atoms with van der Waals surface area (Å²) in [7, 11) is -3.43. The number of ether oxygens (including phenoxy) is 1. The normalized spacial score (nSPS) is 18.4. The number of rotatable bonds is 7. The van der Waals surface area contributed by atoms with E-state index < -0.39 is 45.1 Å². The standard InChI is InChI=1S/C28H36N4O6S/c1-27(2,3)38-26(35)32-28(13-5-4-6-14-28)25(34)31-22(24(29)33)15-18-7-9-19(10-8-18)20-11-12-23-21(16-20)17-30-39(23,36)37/h7-12,16,22,30H,4-6,13-15,17H2,1-3H3,(H2,29,33)(H,31,34)(H,32,35)/t22-/m0/s1. The van der Waals surface area contributed by atoms with E-state index in [0.29, 0.717) is 23.3 Å². The summed E-state index contributed by atoms with van der Waals surface area (Å²) in [6.07, 6.45) is 2.85. The van der Waals surface area contributed by atoms with Crippen molar-refractivity contribution in [2.45, 2.75) is 87.9 Å². The highest BCUT2D eigenvalue weighted by atomic mass is 32.2. The fourth-order valence-electron chi connectivity index (χ4n) is 5.06. The van der Waals surface area contributed by atoms with Crippen molar-refractivity contribution in [3.05, 3.63) is 53.6 Å². The first-order valence-corrected chi connectivity index (χ1v) is 14.6. The zero-order valence-electron chi connectivity index (χ0n) is 22.5. The number of sulfonamides is 1. The zero-order chi connectivity index (χ0) is 28.4. The van der Waals surface area contributed by atoms with Crippen LogP contribution in [0.25, 0.3) is 11.1 Å². The molecular weight excluding hydrogens is 520 g/mol. The van der Waals surface area contributed by atoms with Gasteiger partial charge in [-0.15, -0.1) is 0 Å². The van der Waals surface area contributed by atoms with Gasteiger partial charge in [0.2, 0.25) is 21.8 Å². The van der Waals surface area contributed by atoms with Gasteiger partial charge in [0.1, 0.15) is 17.2 Å². The van der Waals surface area contributed by atoms with Gasteiger partial charge in [-0.3, -0.25) is 9.59 Å². The zero-order valence-corrected chi connectivity index (χ0v) is 23.3. The smallest absolute Gasteiger partial charge is 0.408 e. The van der Waals surface area contributed by atoms with Crippen LogP contribution < -0.4 is 21.1 Å². The predicted octanol–water partition coefficient (Wildman–Crippen LogP) is 2.89. The topological polar surface area (TPSA) is 157 Å². The number of hydrogen-bond acceptors (Lipinski definition) is 6. The van der Waals surface area contributed by atoms with Crippen molar-refractivity contribution in [2.24, 2.45) is 5.73 Å². The molecule has 10 nitrogen and oxygen atoms in total. The molecule has 0 spiro atoms. The van der Waals surface area contributed by atoms with E-state index in [-0.39, 0.29) is 13.0 Å². The van der Waals surface area contributed by atoms with E-state index in [2.05, 4.69) is 15.4 Å². The molecule has 2 aromatic rings. The lowest BCUT2D eigenvalue weighted by molar-refractivity contribution is -0.133. The van der Waals surface area contributed by atoms with Gasteiger partial charge in [-0.1, -0.05) is 49.6 Å². The highest BCUT2D eigenvalue weighted by Crippen LogP contribution is 2.30. The van der Waals surface area contributed by atoms with Crippen molar-refractivity contribution in [3.63, 3.8) is 0 Å². The minimum atomic E-state index is -3.43. The Morgan fingerprint density at radius 1 is 1.03 bits per heavy atom. The van der Waals surface area contributed by atoms with Crippen LogP contribution in [0.2, 0.25) is 0 Å². The van der Waals surface area contributed by atoms with Gasteiger partial charge in [-0.05, 0) is 68.0 Å². The van der Waals surface area contributed by atoms with Crippen LogP contribution >= 0.6 is 0 Å². The molecule has 0 unspecified atom stereocenters. The van der Waals surface area contributed by atoms with Crippen LogP contribution in [0.15, 0.2) is 47.4 Å². The Kier molecular flexibility index (Phi) is 8.04. The van der Waals surface area contributed by atoms with E-state index >= 15 is 0 Å². The van der Waals surface area contributed by atoms with Crippen LogP contribution in [0.4, 0.5) is 4.79 Å². The van der Waals surface area contributed by atoms with Crippen molar-refractivity contribution in [2.75, 3.05) is 0 Å². The largest absolute Gasteiger partial charge is 0.444 e. The molecule has 5 N–H and O–H groups in total. The van der Waals surface area contributed by atoms with Crippen LogP contribution in [-0.2, 0) is 37.3 Å². The maximum Gasteiger partial charge on any atom is 0.408 e. The number of nitrogens with two attached hydrogens (primary N) is 1.